The summed E-state index contributed by atoms with van der Waals surface area (Å²) >= 11 is 0. The van der Waals surface area contributed by atoms with Gasteiger partial charge in [-0.05, 0) is 46.5 Å². The molecule has 1 rings (SSSR count). The predicted octanol–water partition coefficient (Wildman–Crippen LogP) is 2.34. The van der Waals surface area contributed by atoms with Gasteiger partial charge in [-0.25, -0.2) is 4.79 Å². The Morgan fingerprint density at radius 2 is 1.68 bits per heavy atom. The molecule has 0 aliphatic heterocycles. The number of halogens is 3. The van der Waals surface area contributed by atoms with Crippen molar-refractivity contribution in [3.8, 4) is 0 Å². The first-order chi connectivity index (χ1) is 10.0. The molecular weight excluding hydrogens is 301 g/mol. The van der Waals surface area contributed by atoms with Gasteiger partial charge >= 0.3 is 12.3 Å². The summed E-state index contributed by atoms with van der Waals surface area (Å²) in [6.45, 7) is 4.32. The second-order valence-corrected chi connectivity index (χ2v) is 6.64. The van der Waals surface area contributed by atoms with Gasteiger partial charge in [-0.1, -0.05) is 0 Å². The van der Waals surface area contributed by atoms with Crippen molar-refractivity contribution in [3.05, 3.63) is 0 Å². The first kappa shape index (κ1) is 19.0. The fraction of sp³-hybridized carbons (Fsp3) is 0.929. The van der Waals surface area contributed by atoms with Gasteiger partial charge in [-0.2, -0.15) is 13.2 Å². The molecule has 1 fully saturated rings. The van der Waals surface area contributed by atoms with Crippen LogP contribution in [0, 0.1) is 0 Å². The molecule has 22 heavy (non-hydrogen) atoms. The van der Waals surface area contributed by atoms with Gasteiger partial charge in [0.15, 0.2) is 0 Å². The van der Waals surface area contributed by atoms with E-state index in [2.05, 4.69) is 10.6 Å². The van der Waals surface area contributed by atoms with Gasteiger partial charge in [0.1, 0.15) is 11.6 Å². The Labute approximate surface area is 128 Å². The lowest BCUT2D eigenvalue weighted by atomic mass is 9.91. The van der Waals surface area contributed by atoms with Gasteiger partial charge in [-0.15, -0.1) is 0 Å². The van der Waals surface area contributed by atoms with Crippen molar-refractivity contribution >= 4 is 6.09 Å². The Morgan fingerprint density at radius 3 is 2.09 bits per heavy atom. The van der Waals surface area contributed by atoms with E-state index >= 15 is 0 Å². The number of nitrogens with one attached hydrogen (secondary N) is 2. The van der Waals surface area contributed by atoms with Crippen molar-refractivity contribution in [1.82, 2.24) is 10.6 Å². The molecule has 130 valence electrons. The van der Waals surface area contributed by atoms with Crippen LogP contribution in [0.5, 0.6) is 0 Å². The third-order valence-corrected chi connectivity index (χ3v) is 3.46. The van der Waals surface area contributed by atoms with E-state index in [1.54, 1.807) is 20.8 Å². The van der Waals surface area contributed by atoms with Crippen LogP contribution >= 0.6 is 0 Å². The molecule has 0 aromatic rings. The Kier molecular flexibility index (Phi) is 6.49. The first-order valence-electron chi connectivity index (χ1n) is 7.44. The monoisotopic (exact) mass is 326 g/mol. The Bertz CT molecular complexity index is 361. The molecule has 0 heterocycles. The van der Waals surface area contributed by atoms with Crippen molar-refractivity contribution in [2.24, 2.45) is 0 Å². The van der Waals surface area contributed by atoms with Gasteiger partial charge in [0, 0.05) is 12.1 Å². The Balaban J connectivity index is 2.36. The molecule has 0 bridgehead atoms. The summed E-state index contributed by atoms with van der Waals surface area (Å²) in [6, 6.07) is -2.30. The molecule has 1 aliphatic rings. The number of carbonyl (C=O) groups excluding carboxylic acids is 1. The van der Waals surface area contributed by atoms with Crippen molar-refractivity contribution in [3.63, 3.8) is 0 Å². The van der Waals surface area contributed by atoms with Crippen LogP contribution in [-0.2, 0) is 4.74 Å². The lowest BCUT2D eigenvalue weighted by Gasteiger charge is -2.33. The molecule has 0 radical (unpaired) electrons. The first-order valence-corrected chi connectivity index (χ1v) is 7.44. The summed E-state index contributed by atoms with van der Waals surface area (Å²) in [5.74, 6) is 0. The average molecular weight is 326 g/mol. The van der Waals surface area contributed by atoms with Crippen LogP contribution < -0.4 is 10.6 Å². The van der Waals surface area contributed by atoms with Crippen molar-refractivity contribution < 1.29 is 27.8 Å². The zero-order chi connectivity index (χ0) is 17.0. The maximum Gasteiger partial charge on any atom is 0.407 e. The summed E-state index contributed by atoms with van der Waals surface area (Å²) in [5.41, 5.74) is -0.579. The lowest BCUT2D eigenvalue weighted by molar-refractivity contribution is -0.166. The minimum atomic E-state index is -4.46. The highest BCUT2D eigenvalue weighted by molar-refractivity contribution is 5.68. The molecule has 0 aromatic carbocycles. The number of aliphatic hydroxyl groups is 1. The normalized spacial score (nSPS) is 24.7. The van der Waals surface area contributed by atoms with Gasteiger partial charge < -0.3 is 20.5 Å². The number of hydrogen-bond donors (Lipinski definition) is 3. The van der Waals surface area contributed by atoms with Crippen LogP contribution in [0.2, 0.25) is 0 Å². The number of aliphatic hydroxyl groups excluding tert-OH is 1. The zero-order valence-electron chi connectivity index (χ0n) is 13.2. The molecule has 8 heteroatoms. The van der Waals surface area contributed by atoms with E-state index < -0.39 is 30.5 Å². The molecule has 5 nitrogen and oxygen atoms in total. The summed E-state index contributed by atoms with van der Waals surface area (Å²) in [7, 11) is 0. The molecule has 0 aromatic heterocycles. The summed E-state index contributed by atoms with van der Waals surface area (Å²) < 4.78 is 42.9. The molecule has 1 amide bonds. The highest BCUT2D eigenvalue weighted by Gasteiger charge is 2.40. The van der Waals surface area contributed by atoms with Gasteiger partial charge in [-0.3, -0.25) is 0 Å². The number of hydrogen-bond acceptors (Lipinski definition) is 4. The molecule has 0 spiro atoms. The number of ether oxygens (including phenoxy) is 1. The quantitative estimate of drug-likeness (QED) is 0.741. The number of amides is 1. The van der Waals surface area contributed by atoms with Crippen LogP contribution in [0.1, 0.15) is 46.5 Å². The molecule has 1 aliphatic carbocycles. The van der Waals surface area contributed by atoms with E-state index in [-0.39, 0.29) is 12.1 Å². The Morgan fingerprint density at radius 1 is 1.18 bits per heavy atom. The molecule has 3 N–H and O–H groups in total. The standard InChI is InChI=1S/C14H25F3N2O3/c1-13(2,3)22-12(21)19-10-6-4-9(5-7-10)18-11(8-20)14(15,16)17/h9-11,18,20H,4-8H2,1-3H3,(H,19,21). The molecule has 0 saturated heterocycles. The third-order valence-electron chi connectivity index (χ3n) is 3.46. The van der Waals surface area contributed by atoms with Gasteiger partial charge in [0.2, 0.25) is 0 Å². The molecule has 1 unspecified atom stereocenters. The largest absolute Gasteiger partial charge is 0.444 e. The van der Waals surface area contributed by atoms with Crippen LogP contribution in [0.4, 0.5) is 18.0 Å². The van der Waals surface area contributed by atoms with E-state index in [1.165, 1.54) is 0 Å². The molecule has 1 saturated carbocycles. The zero-order valence-corrected chi connectivity index (χ0v) is 13.2. The number of alkyl carbamates (subject to hydrolysis) is 1. The average Bonchev–Trinajstić information content (AvgIpc) is 2.34. The summed E-state index contributed by atoms with van der Waals surface area (Å²) in [6.07, 6.45) is -2.80. The van der Waals surface area contributed by atoms with Crippen LogP contribution in [0.25, 0.3) is 0 Å². The van der Waals surface area contributed by atoms with Crippen LogP contribution in [0.3, 0.4) is 0 Å². The van der Waals surface area contributed by atoms with E-state index in [0.717, 1.165) is 0 Å². The maximum atomic E-state index is 12.6. The highest BCUT2D eigenvalue weighted by atomic mass is 19.4. The van der Waals surface area contributed by atoms with E-state index in [1.807, 2.05) is 0 Å². The number of alkyl halides is 3. The Hall–Kier alpha value is -1.02. The van der Waals surface area contributed by atoms with Crippen molar-refractivity contribution in [1.29, 1.82) is 0 Å². The van der Waals surface area contributed by atoms with Gasteiger partial charge in [0.25, 0.3) is 0 Å². The fourth-order valence-corrected chi connectivity index (χ4v) is 2.41. The number of carbonyl (C=O) groups is 1. The summed E-state index contributed by atoms with van der Waals surface area (Å²) in [4.78, 5) is 11.6. The predicted molar refractivity (Wildman–Crippen MR) is 75.5 cm³/mol. The molecular formula is C14H25F3N2O3. The number of rotatable bonds is 4. The van der Waals surface area contributed by atoms with Crippen molar-refractivity contribution in [2.75, 3.05) is 6.61 Å². The molecule has 1 atom stereocenters. The van der Waals surface area contributed by atoms with Crippen LogP contribution in [-0.4, -0.2) is 47.7 Å². The van der Waals surface area contributed by atoms with Crippen LogP contribution in [0.15, 0.2) is 0 Å². The minimum Gasteiger partial charge on any atom is -0.444 e. The van der Waals surface area contributed by atoms with Gasteiger partial charge in [0.05, 0.1) is 6.61 Å². The fourth-order valence-electron chi connectivity index (χ4n) is 2.41. The second-order valence-electron chi connectivity index (χ2n) is 6.64. The summed E-state index contributed by atoms with van der Waals surface area (Å²) in [5, 5.41) is 14.0. The smallest absolute Gasteiger partial charge is 0.407 e. The van der Waals surface area contributed by atoms with Crippen molar-refractivity contribution in [2.45, 2.75) is 76.4 Å². The van der Waals surface area contributed by atoms with E-state index in [4.69, 9.17) is 9.84 Å². The maximum absolute atomic E-state index is 12.6. The van der Waals surface area contributed by atoms with E-state index in [9.17, 15) is 18.0 Å². The third kappa shape index (κ3) is 6.83. The van der Waals surface area contributed by atoms with E-state index in [0.29, 0.717) is 25.7 Å². The topological polar surface area (TPSA) is 70.6 Å². The highest BCUT2D eigenvalue weighted by Crippen LogP contribution is 2.24. The minimum absolute atomic E-state index is 0.0913. The lowest BCUT2D eigenvalue weighted by Crippen LogP contribution is -2.52. The second kappa shape index (κ2) is 7.50. The SMILES string of the molecule is CC(C)(C)OC(=O)NC1CCC(NC(CO)C(F)(F)F)CC1.